The average Bonchev–Trinajstić information content (AvgIpc) is 3.04. The number of aromatic nitrogens is 1. The van der Waals surface area contributed by atoms with Crippen LogP contribution in [-0.4, -0.2) is 42.1 Å². The second kappa shape index (κ2) is 9.43. The number of fused-ring (bicyclic) bond motifs is 1. The highest BCUT2D eigenvalue weighted by Gasteiger charge is 2.30. The van der Waals surface area contributed by atoms with Gasteiger partial charge in [-0.3, -0.25) is 9.59 Å². The van der Waals surface area contributed by atoms with Gasteiger partial charge in [-0.2, -0.15) is 0 Å². The lowest BCUT2D eigenvalue weighted by atomic mass is 10.1. The zero-order valence-electron chi connectivity index (χ0n) is 19.6. The van der Waals surface area contributed by atoms with Gasteiger partial charge in [-0.05, 0) is 63.2 Å². The summed E-state index contributed by atoms with van der Waals surface area (Å²) in [6.45, 7) is 5.10. The standard InChI is InChI=1S/C26H27N3O5/c1-16-13-21(18(3)28(16)19-9-11-20(33-4)12-10-19)26(32)34-15-25(31)29-17(2)14-24(30)27-22-7-5-6-8-23(22)29/h5-13,17H,14-15H2,1-4H3,(H,27,30). The number of nitrogens with one attached hydrogen (secondary N) is 1. The number of rotatable bonds is 5. The largest absolute Gasteiger partial charge is 0.497 e. The number of hydrogen-bond acceptors (Lipinski definition) is 5. The molecule has 2 heterocycles. The predicted octanol–water partition coefficient (Wildman–Crippen LogP) is 4.02. The number of carbonyl (C=O) groups excluding carboxylic acids is 3. The minimum Gasteiger partial charge on any atom is -0.497 e. The molecule has 1 unspecified atom stereocenters. The quantitative estimate of drug-likeness (QED) is 0.580. The van der Waals surface area contributed by atoms with E-state index in [1.165, 1.54) is 4.90 Å². The summed E-state index contributed by atoms with van der Waals surface area (Å²) in [4.78, 5) is 39.7. The van der Waals surface area contributed by atoms with Crippen molar-refractivity contribution in [1.29, 1.82) is 0 Å². The molecule has 3 aromatic rings. The van der Waals surface area contributed by atoms with Crippen LogP contribution in [0.4, 0.5) is 11.4 Å². The minimum absolute atomic E-state index is 0.150. The lowest BCUT2D eigenvalue weighted by Crippen LogP contribution is -2.41. The molecule has 1 aliphatic heterocycles. The third-order valence-electron chi connectivity index (χ3n) is 5.94. The van der Waals surface area contributed by atoms with Crippen molar-refractivity contribution in [1.82, 2.24) is 4.57 Å². The van der Waals surface area contributed by atoms with Gasteiger partial charge in [-0.25, -0.2) is 4.79 Å². The monoisotopic (exact) mass is 461 g/mol. The van der Waals surface area contributed by atoms with Crippen LogP contribution in [0.25, 0.3) is 5.69 Å². The van der Waals surface area contributed by atoms with Gasteiger partial charge in [0.1, 0.15) is 5.75 Å². The summed E-state index contributed by atoms with van der Waals surface area (Å²) in [6.07, 6.45) is 0.150. The molecule has 1 aromatic heterocycles. The molecule has 0 radical (unpaired) electrons. The van der Waals surface area contributed by atoms with Crippen molar-refractivity contribution >= 4 is 29.2 Å². The number of methoxy groups -OCH3 is 1. The van der Waals surface area contributed by atoms with Gasteiger partial charge < -0.3 is 24.3 Å². The van der Waals surface area contributed by atoms with Gasteiger partial charge >= 0.3 is 5.97 Å². The van der Waals surface area contributed by atoms with E-state index in [9.17, 15) is 14.4 Å². The number of amides is 2. The molecule has 0 spiro atoms. The number of hydrogen-bond donors (Lipinski definition) is 1. The molecule has 34 heavy (non-hydrogen) atoms. The van der Waals surface area contributed by atoms with Crippen LogP contribution >= 0.6 is 0 Å². The number of ether oxygens (including phenoxy) is 2. The third-order valence-corrected chi connectivity index (χ3v) is 5.94. The van der Waals surface area contributed by atoms with E-state index in [1.807, 2.05) is 42.7 Å². The van der Waals surface area contributed by atoms with E-state index in [4.69, 9.17) is 9.47 Å². The average molecular weight is 462 g/mol. The summed E-state index contributed by atoms with van der Waals surface area (Å²) in [7, 11) is 1.61. The van der Waals surface area contributed by atoms with Crippen molar-refractivity contribution in [2.45, 2.75) is 33.2 Å². The van der Waals surface area contributed by atoms with Crippen molar-refractivity contribution < 1.29 is 23.9 Å². The summed E-state index contributed by atoms with van der Waals surface area (Å²) < 4.78 is 12.6. The first-order valence-corrected chi connectivity index (χ1v) is 11.0. The SMILES string of the molecule is COc1ccc(-n2c(C)cc(C(=O)OCC(=O)N3c4ccccc4NC(=O)CC3C)c2C)cc1. The highest BCUT2D eigenvalue weighted by Crippen LogP contribution is 2.31. The van der Waals surface area contributed by atoms with E-state index >= 15 is 0 Å². The predicted molar refractivity (Wildman–Crippen MR) is 129 cm³/mol. The Bertz CT molecular complexity index is 1250. The van der Waals surface area contributed by atoms with Gasteiger partial charge in [0.05, 0.1) is 24.0 Å². The normalized spacial score (nSPS) is 15.2. The maximum Gasteiger partial charge on any atom is 0.340 e. The van der Waals surface area contributed by atoms with Crippen LogP contribution in [0, 0.1) is 13.8 Å². The van der Waals surface area contributed by atoms with Crippen LogP contribution in [0.2, 0.25) is 0 Å². The summed E-state index contributed by atoms with van der Waals surface area (Å²) >= 11 is 0. The fourth-order valence-electron chi connectivity index (χ4n) is 4.34. The van der Waals surface area contributed by atoms with Gasteiger partial charge in [0, 0.05) is 29.5 Å². The van der Waals surface area contributed by atoms with E-state index in [0.717, 1.165) is 17.1 Å². The minimum atomic E-state index is -0.578. The van der Waals surface area contributed by atoms with Crippen LogP contribution < -0.4 is 15.0 Å². The smallest absolute Gasteiger partial charge is 0.340 e. The molecule has 0 saturated heterocycles. The molecule has 0 fully saturated rings. The molecule has 0 aliphatic carbocycles. The van der Waals surface area contributed by atoms with E-state index in [-0.39, 0.29) is 18.4 Å². The summed E-state index contributed by atoms with van der Waals surface area (Å²) in [6, 6.07) is 16.0. The first-order chi connectivity index (χ1) is 16.3. The molecule has 8 nitrogen and oxygen atoms in total. The van der Waals surface area contributed by atoms with Gasteiger partial charge in [-0.1, -0.05) is 12.1 Å². The van der Waals surface area contributed by atoms with Gasteiger partial charge in [0.2, 0.25) is 5.91 Å². The van der Waals surface area contributed by atoms with Crippen LogP contribution in [0.3, 0.4) is 0 Å². The molecule has 8 heteroatoms. The van der Waals surface area contributed by atoms with E-state index in [1.54, 1.807) is 44.4 Å². The fourth-order valence-corrected chi connectivity index (χ4v) is 4.34. The molecule has 176 valence electrons. The lowest BCUT2D eigenvalue weighted by Gasteiger charge is -2.27. The Hall–Kier alpha value is -4.07. The van der Waals surface area contributed by atoms with Crippen molar-refractivity contribution in [2.24, 2.45) is 0 Å². The maximum absolute atomic E-state index is 13.1. The molecule has 1 atom stereocenters. The number of esters is 1. The Kier molecular flexibility index (Phi) is 6.40. The number of nitrogens with zero attached hydrogens (tertiary/aromatic N) is 2. The molecular weight excluding hydrogens is 434 g/mol. The molecule has 0 saturated carbocycles. The van der Waals surface area contributed by atoms with E-state index in [2.05, 4.69) is 5.32 Å². The van der Waals surface area contributed by atoms with E-state index < -0.39 is 18.5 Å². The van der Waals surface area contributed by atoms with Gasteiger partial charge in [-0.15, -0.1) is 0 Å². The number of benzene rings is 2. The molecule has 4 rings (SSSR count). The Morgan fingerprint density at radius 2 is 1.79 bits per heavy atom. The van der Waals surface area contributed by atoms with Crippen LogP contribution in [0.15, 0.2) is 54.6 Å². The molecular formula is C26H27N3O5. The summed E-state index contributed by atoms with van der Waals surface area (Å²) in [5.74, 6) is -0.399. The maximum atomic E-state index is 13.1. The lowest BCUT2D eigenvalue weighted by molar-refractivity contribution is -0.122. The second-order valence-electron chi connectivity index (χ2n) is 8.28. The van der Waals surface area contributed by atoms with Crippen molar-refractivity contribution in [3.05, 3.63) is 71.5 Å². The second-order valence-corrected chi connectivity index (χ2v) is 8.28. The molecule has 1 aliphatic rings. The Morgan fingerprint density at radius 1 is 1.09 bits per heavy atom. The van der Waals surface area contributed by atoms with Crippen molar-refractivity contribution in [2.75, 3.05) is 23.9 Å². The Labute approximate surface area is 198 Å². The molecule has 0 bridgehead atoms. The van der Waals surface area contributed by atoms with Crippen LogP contribution in [-0.2, 0) is 14.3 Å². The fraction of sp³-hybridized carbons (Fsp3) is 0.269. The van der Waals surface area contributed by atoms with Crippen molar-refractivity contribution in [3.8, 4) is 11.4 Å². The number of aryl methyl sites for hydroxylation is 1. The van der Waals surface area contributed by atoms with Crippen LogP contribution in [0.5, 0.6) is 5.75 Å². The van der Waals surface area contributed by atoms with Gasteiger partial charge in [0.25, 0.3) is 5.91 Å². The first-order valence-electron chi connectivity index (χ1n) is 11.0. The number of carbonyl (C=O) groups is 3. The third kappa shape index (κ3) is 4.39. The summed E-state index contributed by atoms with van der Waals surface area (Å²) in [5, 5.41) is 2.82. The summed E-state index contributed by atoms with van der Waals surface area (Å²) in [5.41, 5.74) is 3.99. The zero-order valence-corrected chi connectivity index (χ0v) is 19.6. The van der Waals surface area contributed by atoms with Crippen LogP contribution in [0.1, 0.15) is 35.1 Å². The first kappa shape index (κ1) is 23.1. The van der Waals surface area contributed by atoms with Crippen molar-refractivity contribution in [3.63, 3.8) is 0 Å². The zero-order chi connectivity index (χ0) is 24.4. The highest BCUT2D eigenvalue weighted by atomic mass is 16.5. The number of anilines is 2. The highest BCUT2D eigenvalue weighted by molar-refractivity contribution is 6.05. The molecule has 2 amide bonds. The number of para-hydroxylation sites is 2. The molecule has 2 aromatic carbocycles. The Morgan fingerprint density at radius 3 is 2.50 bits per heavy atom. The molecule has 1 N–H and O–H groups in total. The Balaban J connectivity index is 1.52. The van der Waals surface area contributed by atoms with E-state index in [0.29, 0.717) is 22.6 Å². The van der Waals surface area contributed by atoms with Gasteiger partial charge in [0.15, 0.2) is 6.61 Å². The topological polar surface area (TPSA) is 89.9 Å².